The summed E-state index contributed by atoms with van der Waals surface area (Å²) < 4.78 is 10.5. The highest BCUT2D eigenvalue weighted by Crippen LogP contribution is 2.24. The summed E-state index contributed by atoms with van der Waals surface area (Å²) in [5, 5.41) is 3.14. The predicted octanol–water partition coefficient (Wildman–Crippen LogP) is 4.41. The molecule has 0 spiro atoms. The smallest absolute Gasteiger partial charge is 0.255 e. The molecule has 0 aliphatic carbocycles. The number of hydrogen-bond donors (Lipinski definition) is 1. The van der Waals surface area contributed by atoms with Crippen molar-refractivity contribution in [1.29, 1.82) is 0 Å². The van der Waals surface area contributed by atoms with E-state index in [-0.39, 0.29) is 18.2 Å². The van der Waals surface area contributed by atoms with Gasteiger partial charge in [0.05, 0.1) is 24.8 Å². The van der Waals surface area contributed by atoms with E-state index in [1.807, 2.05) is 26.0 Å². The van der Waals surface area contributed by atoms with Crippen LogP contribution in [0.25, 0.3) is 0 Å². The van der Waals surface area contributed by atoms with Crippen LogP contribution in [0.2, 0.25) is 5.02 Å². The molecule has 0 radical (unpaired) electrons. The molecule has 6 nitrogen and oxygen atoms in total. The van der Waals surface area contributed by atoms with Crippen LogP contribution in [0.1, 0.15) is 36.2 Å². The molecule has 0 heterocycles. The van der Waals surface area contributed by atoms with E-state index in [2.05, 4.69) is 5.32 Å². The summed E-state index contributed by atoms with van der Waals surface area (Å²) in [5.74, 6) is 1.09. The molecule has 0 atom stereocenters. The predicted molar refractivity (Wildman–Crippen MR) is 115 cm³/mol. The molecular formula is C22H27ClN2O4. The van der Waals surface area contributed by atoms with E-state index in [1.54, 1.807) is 43.4 Å². The fourth-order valence-corrected chi connectivity index (χ4v) is 3.20. The van der Waals surface area contributed by atoms with Crippen LogP contribution in [0.3, 0.4) is 0 Å². The maximum atomic E-state index is 12.5. The highest BCUT2D eigenvalue weighted by atomic mass is 35.5. The van der Waals surface area contributed by atoms with Crippen molar-refractivity contribution in [3.8, 4) is 11.5 Å². The van der Waals surface area contributed by atoms with Crippen LogP contribution in [0, 0.1) is 0 Å². The van der Waals surface area contributed by atoms with E-state index in [0.29, 0.717) is 47.3 Å². The van der Waals surface area contributed by atoms with E-state index in [4.69, 9.17) is 21.1 Å². The van der Waals surface area contributed by atoms with E-state index in [9.17, 15) is 9.59 Å². The third kappa shape index (κ3) is 6.12. The zero-order chi connectivity index (χ0) is 21.4. The van der Waals surface area contributed by atoms with Crippen molar-refractivity contribution < 1.29 is 19.1 Å². The van der Waals surface area contributed by atoms with E-state index in [1.165, 1.54) is 0 Å². The third-order valence-corrected chi connectivity index (χ3v) is 4.90. The van der Waals surface area contributed by atoms with Crippen LogP contribution in [0.5, 0.6) is 11.5 Å². The van der Waals surface area contributed by atoms with Crippen LogP contribution in [-0.2, 0) is 11.2 Å². The molecule has 156 valence electrons. The van der Waals surface area contributed by atoms with Crippen molar-refractivity contribution in [2.24, 2.45) is 0 Å². The van der Waals surface area contributed by atoms with Crippen molar-refractivity contribution in [3.05, 3.63) is 52.5 Å². The van der Waals surface area contributed by atoms with Gasteiger partial charge in [-0.15, -0.1) is 0 Å². The number of carbonyl (C=O) groups excluding carboxylic acids is 2. The first-order chi connectivity index (χ1) is 13.9. The zero-order valence-electron chi connectivity index (χ0n) is 17.3. The van der Waals surface area contributed by atoms with Gasteiger partial charge >= 0.3 is 0 Å². The third-order valence-electron chi connectivity index (χ3n) is 4.59. The largest absolute Gasteiger partial charge is 0.497 e. The summed E-state index contributed by atoms with van der Waals surface area (Å²) in [6.07, 6.45) is 0.819. The molecule has 0 fully saturated rings. The number of ether oxygens (including phenoxy) is 2. The van der Waals surface area contributed by atoms with Gasteiger partial charge in [-0.25, -0.2) is 0 Å². The Kier molecular flexibility index (Phi) is 8.34. The first-order valence-electron chi connectivity index (χ1n) is 9.52. The molecule has 2 amide bonds. The van der Waals surface area contributed by atoms with Crippen LogP contribution in [-0.4, -0.2) is 44.0 Å². The van der Waals surface area contributed by atoms with Crippen molar-refractivity contribution in [2.75, 3.05) is 32.6 Å². The van der Waals surface area contributed by atoms with Gasteiger partial charge in [-0.1, -0.05) is 11.6 Å². The molecule has 2 aromatic rings. The fraction of sp³-hybridized carbons (Fsp3) is 0.364. The minimum atomic E-state index is -0.148. The van der Waals surface area contributed by atoms with Gasteiger partial charge in [0, 0.05) is 31.3 Å². The Balaban J connectivity index is 2.01. The molecule has 0 saturated carbocycles. The number of hydrogen-bond acceptors (Lipinski definition) is 4. The Morgan fingerprint density at radius 2 is 1.62 bits per heavy atom. The Labute approximate surface area is 176 Å². The zero-order valence-corrected chi connectivity index (χ0v) is 18.0. The molecule has 0 bridgehead atoms. The second-order valence-electron chi connectivity index (χ2n) is 6.44. The second kappa shape index (κ2) is 10.7. The van der Waals surface area contributed by atoms with Crippen molar-refractivity contribution in [3.63, 3.8) is 0 Å². The Bertz CT molecular complexity index is 844. The summed E-state index contributed by atoms with van der Waals surface area (Å²) >= 11 is 6.28. The molecule has 7 heteroatoms. The highest BCUT2D eigenvalue weighted by molar-refractivity contribution is 6.34. The number of amides is 2. The minimum absolute atomic E-state index is 0.121. The van der Waals surface area contributed by atoms with Gasteiger partial charge < -0.3 is 19.7 Å². The van der Waals surface area contributed by atoms with Gasteiger partial charge in [-0.3, -0.25) is 9.59 Å². The van der Waals surface area contributed by atoms with E-state index in [0.717, 1.165) is 5.56 Å². The summed E-state index contributed by atoms with van der Waals surface area (Å²) in [5.41, 5.74) is 1.92. The lowest BCUT2D eigenvalue weighted by molar-refractivity contribution is -0.116. The molecule has 0 aliphatic rings. The first-order valence-corrected chi connectivity index (χ1v) is 9.90. The van der Waals surface area contributed by atoms with E-state index < -0.39 is 0 Å². The topological polar surface area (TPSA) is 67.9 Å². The molecule has 0 aliphatic heterocycles. The van der Waals surface area contributed by atoms with Gasteiger partial charge in [-0.05, 0) is 56.2 Å². The molecule has 2 rings (SSSR count). The number of rotatable bonds is 9. The average Bonchev–Trinajstić information content (AvgIpc) is 2.72. The lowest BCUT2D eigenvalue weighted by Gasteiger charge is -2.19. The van der Waals surface area contributed by atoms with Crippen LogP contribution in [0.15, 0.2) is 36.4 Å². The number of benzene rings is 2. The Morgan fingerprint density at radius 1 is 1.00 bits per heavy atom. The normalized spacial score (nSPS) is 10.4. The van der Waals surface area contributed by atoms with Crippen LogP contribution < -0.4 is 14.8 Å². The maximum Gasteiger partial charge on any atom is 0.255 e. The van der Waals surface area contributed by atoms with Crippen molar-refractivity contribution >= 4 is 29.1 Å². The van der Waals surface area contributed by atoms with Gasteiger partial charge in [-0.2, -0.15) is 0 Å². The van der Waals surface area contributed by atoms with E-state index >= 15 is 0 Å². The number of methoxy groups -OCH3 is 2. The number of nitrogens with one attached hydrogen (secondary N) is 1. The SMILES string of the molecule is CCN(CC)C(=O)c1ccc(NC(=O)CCc2cc(OC)cc(OC)c2)cc1Cl. The van der Waals surface area contributed by atoms with Gasteiger partial charge in [0.2, 0.25) is 5.91 Å². The van der Waals surface area contributed by atoms with Gasteiger partial charge in [0.15, 0.2) is 0 Å². The number of halogens is 1. The van der Waals surface area contributed by atoms with Crippen molar-refractivity contribution in [1.82, 2.24) is 4.90 Å². The van der Waals surface area contributed by atoms with Crippen molar-refractivity contribution in [2.45, 2.75) is 26.7 Å². The molecule has 2 aromatic carbocycles. The number of anilines is 1. The average molecular weight is 419 g/mol. The van der Waals surface area contributed by atoms with Gasteiger partial charge in [0.25, 0.3) is 5.91 Å². The maximum absolute atomic E-state index is 12.5. The van der Waals surface area contributed by atoms with Gasteiger partial charge in [0.1, 0.15) is 11.5 Å². The molecule has 0 aromatic heterocycles. The highest BCUT2D eigenvalue weighted by Gasteiger charge is 2.16. The number of nitrogens with zero attached hydrogens (tertiary/aromatic N) is 1. The molecule has 1 N–H and O–H groups in total. The first kappa shape index (κ1) is 22.6. The molecule has 0 saturated heterocycles. The van der Waals surface area contributed by atoms with Crippen LogP contribution >= 0.6 is 11.6 Å². The number of carbonyl (C=O) groups is 2. The van der Waals surface area contributed by atoms with Crippen LogP contribution in [0.4, 0.5) is 5.69 Å². The standard InChI is InChI=1S/C22H27ClN2O4/c1-5-25(6-2)22(27)19-9-8-16(13-20(19)23)24-21(26)10-7-15-11-17(28-3)14-18(12-15)29-4/h8-9,11-14H,5-7,10H2,1-4H3,(H,24,26). The molecule has 29 heavy (non-hydrogen) atoms. The number of aryl methyl sites for hydroxylation is 1. The minimum Gasteiger partial charge on any atom is -0.497 e. The second-order valence-corrected chi connectivity index (χ2v) is 6.85. The lowest BCUT2D eigenvalue weighted by Crippen LogP contribution is -2.30. The Hall–Kier alpha value is -2.73. The summed E-state index contributed by atoms with van der Waals surface area (Å²) in [4.78, 5) is 26.5. The summed E-state index contributed by atoms with van der Waals surface area (Å²) in [7, 11) is 3.17. The summed E-state index contributed by atoms with van der Waals surface area (Å²) in [6.45, 7) is 5.06. The summed E-state index contributed by atoms with van der Waals surface area (Å²) in [6, 6.07) is 10.5. The monoisotopic (exact) mass is 418 g/mol. The quantitative estimate of drug-likeness (QED) is 0.654. The lowest BCUT2D eigenvalue weighted by atomic mass is 10.1. The fourth-order valence-electron chi connectivity index (χ4n) is 2.94. The Morgan fingerprint density at radius 3 is 2.14 bits per heavy atom. The molecule has 0 unspecified atom stereocenters. The molecular weight excluding hydrogens is 392 g/mol.